The second kappa shape index (κ2) is 7.25. The average molecular weight is 342 g/mol. The molecule has 128 valence electrons. The van der Waals surface area contributed by atoms with Gasteiger partial charge in [0.05, 0.1) is 0 Å². The molecule has 2 aromatic carbocycles. The van der Waals surface area contributed by atoms with Gasteiger partial charge in [-0.2, -0.15) is 0 Å². The summed E-state index contributed by atoms with van der Waals surface area (Å²) in [6, 6.07) is 12.8. The minimum atomic E-state index is -0.799. The summed E-state index contributed by atoms with van der Waals surface area (Å²) in [7, 11) is 0. The number of nitrogens with one attached hydrogen (secondary N) is 1. The van der Waals surface area contributed by atoms with Gasteiger partial charge in [-0.3, -0.25) is 4.79 Å². The lowest BCUT2D eigenvalue weighted by molar-refractivity contribution is 0.0953. The lowest BCUT2D eigenvalue weighted by Crippen LogP contribution is -2.26. The lowest BCUT2D eigenvalue weighted by Gasteiger charge is -2.06. The van der Waals surface area contributed by atoms with Crippen molar-refractivity contribution in [3.63, 3.8) is 0 Å². The Balaban J connectivity index is 1.78. The van der Waals surface area contributed by atoms with Gasteiger partial charge < -0.3 is 9.84 Å². The number of rotatable bonds is 5. The molecule has 0 saturated heterocycles. The van der Waals surface area contributed by atoms with Crippen molar-refractivity contribution in [3.8, 4) is 11.3 Å². The fourth-order valence-corrected chi connectivity index (χ4v) is 2.56. The molecule has 0 fully saturated rings. The molecule has 1 N–H and O–H groups in total. The number of aryl methyl sites for hydroxylation is 1. The number of nitrogens with zero attached hydrogens (tertiary/aromatic N) is 1. The van der Waals surface area contributed by atoms with E-state index < -0.39 is 17.5 Å². The van der Waals surface area contributed by atoms with Gasteiger partial charge in [0.15, 0.2) is 0 Å². The van der Waals surface area contributed by atoms with Crippen LogP contribution in [0.4, 0.5) is 8.78 Å². The van der Waals surface area contributed by atoms with Gasteiger partial charge in [0, 0.05) is 18.2 Å². The van der Waals surface area contributed by atoms with Crippen LogP contribution in [0.25, 0.3) is 11.3 Å². The van der Waals surface area contributed by atoms with E-state index in [4.69, 9.17) is 4.52 Å². The minimum absolute atomic E-state index is 0.0199. The van der Waals surface area contributed by atoms with Gasteiger partial charge in [0.1, 0.15) is 28.7 Å². The Morgan fingerprint density at radius 3 is 2.64 bits per heavy atom. The van der Waals surface area contributed by atoms with Crippen molar-refractivity contribution >= 4 is 5.91 Å². The Morgan fingerprint density at radius 2 is 1.92 bits per heavy atom. The molecule has 0 saturated carbocycles. The van der Waals surface area contributed by atoms with E-state index in [0.29, 0.717) is 13.0 Å². The van der Waals surface area contributed by atoms with Crippen LogP contribution in [-0.2, 0) is 6.42 Å². The third kappa shape index (κ3) is 3.74. The van der Waals surface area contributed by atoms with E-state index >= 15 is 0 Å². The highest BCUT2D eigenvalue weighted by Gasteiger charge is 2.23. The Morgan fingerprint density at radius 1 is 1.16 bits per heavy atom. The summed E-state index contributed by atoms with van der Waals surface area (Å²) in [5.74, 6) is -1.63. The highest BCUT2D eigenvalue weighted by Crippen LogP contribution is 2.27. The van der Waals surface area contributed by atoms with Crippen molar-refractivity contribution in [2.75, 3.05) is 6.54 Å². The number of aromatic nitrogens is 1. The maximum Gasteiger partial charge on any atom is 0.257 e. The van der Waals surface area contributed by atoms with Crippen LogP contribution in [0.15, 0.2) is 53.1 Å². The summed E-state index contributed by atoms with van der Waals surface area (Å²) in [5, 5.41) is 6.55. The van der Waals surface area contributed by atoms with Crippen molar-refractivity contribution < 1.29 is 18.1 Å². The van der Waals surface area contributed by atoms with Crippen LogP contribution < -0.4 is 5.32 Å². The summed E-state index contributed by atoms with van der Waals surface area (Å²) < 4.78 is 32.2. The summed E-state index contributed by atoms with van der Waals surface area (Å²) in [6.45, 7) is 1.99. The SMILES string of the molecule is Cc1onc(-c2ccc(F)cc2F)c1C(=O)NCCc1ccccc1. The largest absolute Gasteiger partial charge is 0.360 e. The molecule has 0 atom stereocenters. The first-order chi connectivity index (χ1) is 12.1. The van der Waals surface area contributed by atoms with Crippen molar-refractivity contribution in [1.29, 1.82) is 0 Å². The molecular formula is C19H16F2N2O2. The highest BCUT2D eigenvalue weighted by atomic mass is 19.1. The molecule has 0 aliphatic rings. The van der Waals surface area contributed by atoms with E-state index in [2.05, 4.69) is 10.5 Å². The number of hydrogen-bond acceptors (Lipinski definition) is 3. The summed E-state index contributed by atoms with van der Waals surface area (Å²) in [6.07, 6.45) is 0.664. The lowest BCUT2D eigenvalue weighted by atomic mass is 10.0. The van der Waals surface area contributed by atoms with Gasteiger partial charge in [0.2, 0.25) is 0 Å². The second-order valence-corrected chi connectivity index (χ2v) is 5.58. The van der Waals surface area contributed by atoms with Gasteiger partial charge >= 0.3 is 0 Å². The van der Waals surface area contributed by atoms with Crippen LogP contribution in [-0.4, -0.2) is 17.6 Å². The highest BCUT2D eigenvalue weighted by molar-refractivity contribution is 6.00. The number of carbonyl (C=O) groups is 1. The van der Waals surface area contributed by atoms with Crippen LogP contribution in [0.5, 0.6) is 0 Å². The first-order valence-corrected chi connectivity index (χ1v) is 7.80. The molecule has 0 aliphatic heterocycles. The maximum absolute atomic E-state index is 14.0. The Hall–Kier alpha value is -3.02. The molecule has 0 spiro atoms. The zero-order valence-electron chi connectivity index (χ0n) is 13.6. The number of benzene rings is 2. The first kappa shape index (κ1) is 16.8. The molecule has 0 bridgehead atoms. The zero-order chi connectivity index (χ0) is 17.8. The molecule has 25 heavy (non-hydrogen) atoms. The van der Waals surface area contributed by atoms with E-state index in [0.717, 1.165) is 17.7 Å². The van der Waals surface area contributed by atoms with Crippen molar-refractivity contribution in [1.82, 2.24) is 10.5 Å². The van der Waals surface area contributed by atoms with Crippen molar-refractivity contribution in [2.45, 2.75) is 13.3 Å². The Bertz CT molecular complexity index is 892. The maximum atomic E-state index is 14.0. The number of halogens is 2. The van der Waals surface area contributed by atoms with E-state index in [1.165, 1.54) is 6.07 Å². The fourth-order valence-electron chi connectivity index (χ4n) is 2.56. The van der Waals surface area contributed by atoms with Crippen LogP contribution >= 0.6 is 0 Å². The van der Waals surface area contributed by atoms with Gasteiger partial charge in [-0.1, -0.05) is 35.5 Å². The third-order valence-electron chi connectivity index (χ3n) is 3.82. The number of hydrogen-bond donors (Lipinski definition) is 1. The standard InChI is InChI=1S/C19H16F2N2O2/c1-12-17(19(24)22-10-9-13-5-3-2-4-6-13)18(23-25-12)15-8-7-14(20)11-16(15)21/h2-8,11H,9-10H2,1H3,(H,22,24). The van der Waals surface area contributed by atoms with Gasteiger partial charge in [0.25, 0.3) is 5.91 Å². The predicted molar refractivity (Wildman–Crippen MR) is 89.1 cm³/mol. The predicted octanol–water partition coefficient (Wildman–Crippen LogP) is 3.90. The first-order valence-electron chi connectivity index (χ1n) is 7.80. The molecule has 3 aromatic rings. The van der Waals surface area contributed by atoms with E-state index in [1.807, 2.05) is 30.3 Å². The molecule has 3 rings (SSSR count). The van der Waals surface area contributed by atoms with E-state index in [1.54, 1.807) is 6.92 Å². The molecule has 1 heterocycles. The summed E-state index contributed by atoms with van der Waals surface area (Å²) in [5.41, 5.74) is 1.33. The normalized spacial score (nSPS) is 10.7. The third-order valence-corrected chi connectivity index (χ3v) is 3.82. The molecule has 0 unspecified atom stereocenters. The number of carbonyl (C=O) groups excluding carboxylic acids is 1. The molecular weight excluding hydrogens is 326 g/mol. The van der Waals surface area contributed by atoms with Crippen LogP contribution in [0.2, 0.25) is 0 Å². The van der Waals surface area contributed by atoms with E-state index in [-0.39, 0.29) is 22.6 Å². The van der Waals surface area contributed by atoms with Gasteiger partial charge in [-0.15, -0.1) is 0 Å². The molecule has 6 heteroatoms. The zero-order valence-corrected chi connectivity index (χ0v) is 13.6. The van der Waals surface area contributed by atoms with Crippen LogP contribution in [0, 0.1) is 18.6 Å². The van der Waals surface area contributed by atoms with Crippen LogP contribution in [0.3, 0.4) is 0 Å². The minimum Gasteiger partial charge on any atom is -0.360 e. The smallest absolute Gasteiger partial charge is 0.257 e. The Labute approximate surface area is 143 Å². The van der Waals surface area contributed by atoms with Crippen LogP contribution in [0.1, 0.15) is 21.7 Å². The topological polar surface area (TPSA) is 55.1 Å². The molecule has 0 radical (unpaired) electrons. The summed E-state index contributed by atoms with van der Waals surface area (Å²) in [4.78, 5) is 12.5. The van der Waals surface area contributed by atoms with Gasteiger partial charge in [-0.25, -0.2) is 8.78 Å². The molecule has 0 aliphatic carbocycles. The Kier molecular flexibility index (Phi) is 4.88. The second-order valence-electron chi connectivity index (χ2n) is 5.58. The monoisotopic (exact) mass is 342 g/mol. The quantitative estimate of drug-likeness (QED) is 0.765. The molecule has 1 amide bonds. The van der Waals surface area contributed by atoms with Crippen molar-refractivity contribution in [2.24, 2.45) is 0 Å². The van der Waals surface area contributed by atoms with Gasteiger partial charge in [-0.05, 0) is 31.0 Å². The fraction of sp³-hybridized carbons (Fsp3) is 0.158. The molecule has 4 nitrogen and oxygen atoms in total. The summed E-state index contributed by atoms with van der Waals surface area (Å²) >= 11 is 0. The number of amides is 1. The van der Waals surface area contributed by atoms with Crippen molar-refractivity contribution in [3.05, 3.63) is 77.1 Å². The average Bonchev–Trinajstić information content (AvgIpc) is 2.97. The molecule has 1 aromatic heterocycles. The van der Waals surface area contributed by atoms with E-state index in [9.17, 15) is 13.6 Å².